The van der Waals surface area contributed by atoms with Gasteiger partial charge in [0.1, 0.15) is 0 Å². The van der Waals surface area contributed by atoms with Crippen LogP contribution in [0.5, 0.6) is 0 Å². The largest absolute Gasteiger partial charge is 0.381 e. The van der Waals surface area contributed by atoms with Gasteiger partial charge in [0.05, 0.1) is 0 Å². The highest BCUT2D eigenvalue weighted by Gasteiger charge is 2.23. The second-order valence-corrected chi connectivity index (χ2v) is 5.28. The van der Waals surface area contributed by atoms with Crippen LogP contribution in [0.4, 0.5) is 0 Å². The van der Waals surface area contributed by atoms with E-state index in [4.69, 9.17) is 4.74 Å². The van der Waals surface area contributed by atoms with Crippen molar-refractivity contribution in [2.75, 3.05) is 19.8 Å². The molecule has 0 bridgehead atoms. The molecule has 98 valence electrons. The lowest BCUT2D eigenvalue weighted by molar-refractivity contribution is -0.121. The van der Waals surface area contributed by atoms with Gasteiger partial charge in [0.25, 0.3) is 0 Å². The van der Waals surface area contributed by atoms with Crippen LogP contribution >= 0.6 is 0 Å². The summed E-state index contributed by atoms with van der Waals surface area (Å²) in [6.45, 7) is 4.78. The van der Waals surface area contributed by atoms with Crippen LogP contribution in [0.3, 0.4) is 0 Å². The Labute approximate surface area is 103 Å². The number of ether oxygens (including phenoxy) is 1. The van der Waals surface area contributed by atoms with Crippen LogP contribution in [0.2, 0.25) is 0 Å². The molecule has 0 spiro atoms. The van der Waals surface area contributed by atoms with Crippen LogP contribution in [0.15, 0.2) is 0 Å². The number of hydrogen-bond acceptors (Lipinski definition) is 3. The van der Waals surface area contributed by atoms with Crippen molar-refractivity contribution in [2.24, 2.45) is 5.92 Å². The lowest BCUT2D eigenvalue weighted by Gasteiger charge is -2.28. The molecule has 2 rings (SSSR count). The fraction of sp³-hybridized carbons (Fsp3) is 0.923. The molecule has 1 saturated carbocycles. The summed E-state index contributed by atoms with van der Waals surface area (Å²) >= 11 is 0. The Kier molecular flexibility index (Phi) is 4.80. The number of rotatable bonds is 6. The quantitative estimate of drug-likeness (QED) is 0.730. The molecule has 0 aromatic carbocycles. The molecule has 4 nitrogen and oxygen atoms in total. The van der Waals surface area contributed by atoms with E-state index in [0.29, 0.717) is 24.4 Å². The molecule has 4 heteroatoms. The van der Waals surface area contributed by atoms with Crippen molar-refractivity contribution in [3.8, 4) is 0 Å². The SMILES string of the molecule is CC(NCCC(=O)NC1CC1)C1CCOCC1. The van der Waals surface area contributed by atoms with Crippen molar-refractivity contribution in [3.05, 3.63) is 0 Å². The summed E-state index contributed by atoms with van der Waals surface area (Å²) < 4.78 is 5.35. The first-order chi connectivity index (χ1) is 8.25. The average Bonchev–Trinajstić information content (AvgIpc) is 3.14. The van der Waals surface area contributed by atoms with Crippen LogP contribution in [-0.4, -0.2) is 37.7 Å². The Morgan fingerprint density at radius 3 is 2.65 bits per heavy atom. The lowest BCUT2D eigenvalue weighted by Crippen LogP contribution is -2.38. The molecule has 2 fully saturated rings. The third kappa shape index (κ3) is 4.64. The van der Waals surface area contributed by atoms with E-state index in [1.54, 1.807) is 0 Å². The van der Waals surface area contributed by atoms with E-state index in [0.717, 1.165) is 45.4 Å². The second-order valence-electron chi connectivity index (χ2n) is 5.28. The van der Waals surface area contributed by atoms with Crippen LogP contribution in [0.25, 0.3) is 0 Å². The molecule has 1 saturated heterocycles. The standard InChI is InChI=1S/C13H24N2O2/c1-10(11-5-8-17-9-6-11)14-7-4-13(16)15-12-2-3-12/h10-12,14H,2-9H2,1H3,(H,15,16). The molecular weight excluding hydrogens is 216 g/mol. The fourth-order valence-corrected chi connectivity index (χ4v) is 2.32. The van der Waals surface area contributed by atoms with E-state index >= 15 is 0 Å². The summed E-state index contributed by atoms with van der Waals surface area (Å²) in [5.74, 6) is 0.898. The van der Waals surface area contributed by atoms with E-state index in [9.17, 15) is 4.79 Å². The Bertz CT molecular complexity index is 248. The van der Waals surface area contributed by atoms with Gasteiger partial charge >= 0.3 is 0 Å². The third-order valence-corrected chi connectivity index (χ3v) is 3.73. The molecule has 1 amide bonds. The van der Waals surface area contributed by atoms with E-state index in [2.05, 4.69) is 17.6 Å². The minimum Gasteiger partial charge on any atom is -0.381 e. The highest BCUT2D eigenvalue weighted by atomic mass is 16.5. The van der Waals surface area contributed by atoms with Crippen molar-refractivity contribution in [1.29, 1.82) is 0 Å². The average molecular weight is 240 g/mol. The first kappa shape index (κ1) is 12.8. The lowest BCUT2D eigenvalue weighted by atomic mass is 9.93. The Hall–Kier alpha value is -0.610. The second kappa shape index (κ2) is 6.36. The third-order valence-electron chi connectivity index (χ3n) is 3.73. The van der Waals surface area contributed by atoms with Gasteiger partial charge in [-0.1, -0.05) is 0 Å². The molecule has 1 heterocycles. The Balaban J connectivity index is 1.55. The topological polar surface area (TPSA) is 50.4 Å². The Morgan fingerprint density at radius 2 is 2.00 bits per heavy atom. The molecule has 2 aliphatic rings. The molecule has 2 N–H and O–H groups in total. The highest BCUT2D eigenvalue weighted by Crippen LogP contribution is 2.19. The van der Waals surface area contributed by atoms with Gasteiger partial charge in [0.15, 0.2) is 0 Å². The minimum absolute atomic E-state index is 0.194. The van der Waals surface area contributed by atoms with Crippen molar-refractivity contribution in [1.82, 2.24) is 10.6 Å². The number of amides is 1. The molecular formula is C13H24N2O2. The van der Waals surface area contributed by atoms with Gasteiger partial charge in [-0.2, -0.15) is 0 Å². The van der Waals surface area contributed by atoms with Gasteiger partial charge in [-0.25, -0.2) is 0 Å². The predicted octanol–water partition coefficient (Wildman–Crippen LogP) is 1.06. The molecule has 0 aromatic rings. The van der Waals surface area contributed by atoms with Crippen molar-refractivity contribution in [2.45, 2.75) is 51.1 Å². The van der Waals surface area contributed by atoms with E-state index in [1.165, 1.54) is 0 Å². The van der Waals surface area contributed by atoms with Gasteiger partial charge in [-0.05, 0) is 38.5 Å². The number of nitrogens with one attached hydrogen (secondary N) is 2. The zero-order valence-electron chi connectivity index (χ0n) is 10.7. The highest BCUT2D eigenvalue weighted by molar-refractivity contribution is 5.76. The van der Waals surface area contributed by atoms with Crippen molar-refractivity contribution in [3.63, 3.8) is 0 Å². The van der Waals surface area contributed by atoms with Crippen LogP contribution in [0.1, 0.15) is 39.0 Å². The summed E-state index contributed by atoms with van der Waals surface area (Å²) in [5.41, 5.74) is 0. The Morgan fingerprint density at radius 1 is 1.29 bits per heavy atom. The minimum atomic E-state index is 0.194. The molecule has 1 aliphatic carbocycles. The van der Waals surface area contributed by atoms with Crippen molar-refractivity contribution >= 4 is 5.91 Å². The molecule has 1 unspecified atom stereocenters. The zero-order valence-corrected chi connectivity index (χ0v) is 10.7. The fourth-order valence-electron chi connectivity index (χ4n) is 2.32. The summed E-state index contributed by atoms with van der Waals surface area (Å²) in [5, 5.41) is 6.47. The normalized spacial score (nSPS) is 23.4. The zero-order chi connectivity index (χ0) is 12.1. The van der Waals surface area contributed by atoms with Gasteiger partial charge in [0, 0.05) is 38.3 Å². The summed E-state index contributed by atoms with van der Waals surface area (Å²) in [6.07, 6.45) is 5.21. The molecule has 1 atom stereocenters. The maximum absolute atomic E-state index is 11.5. The number of hydrogen-bond donors (Lipinski definition) is 2. The maximum Gasteiger partial charge on any atom is 0.221 e. The van der Waals surface area contributed by atoms with E-state index in [1.807, 2.05) is 0 Å². The number of carbonyl (C=O) groups is 1. The maximum atomic E-state index is 11.5. The van der Waals surface area contributed by atoms with Gasteiger partial charge < -0.3 is 15.4 Å². The molecule has 0 radical (unpaired) electrons. The first-order valence-electron chi connectivity index (χ1n) is 6.86. The van der Waals surface area contributed by atoms with Crippen molar-refractivity contribution < 1.29 is 9.53 Å². The van der Waals surface area contributed by atoms with Gasteiger partial charge in [-0.15, -0.1) is 0 Å². The van der Waals surface area contributed by atoms with E-state index < -0.39 is 0 Å². The predicted molar refractivity (Wildman–Crippen MR) is 66.8 cm³/mol. The van der Waals surface area contributed by atoms with Crippen LogP contribution in [0, 0.1) is 5.92 Å². The molecule has 1 aliphatic heterocycles. The van der Waals surface area contributed by atoms with E-state index in [-0.39, 0.29) is 5.91 Å². The smallest absolute Gasteiger partial charge is 0.221 e. The van der Waals surface area contributed by atoms with Crippen LogP contribution in [-0.2, 0) is 9.53 Å². The molecule has 0 aromatic heterocycles. The molecule has 17 heavy (non-hydrogen) atoms. The summed E-state index contributed by atoms with van der Waals surface area (Å²) in [4.78, 5) is 11.5. The number of carbonyl (C=O) groups excluding carboxylic acids is 1. The monoisotopic (exact) mass is 240 g/mol. The van der Waals surface area contributed by atoms with Gasteiger partial charge in [-0.3, -0.25) is 4.79 Å². The summed E-state index contributed by atoms with van der Waals surface area (Å²) in [6, 6.07) is 0.975. The summed E-state index contributed by atoms with van der Waals surface area (Å²) in [7, 11) is 0. The first-order valence-corrected chi connectivity index (χ1v) is 6.86. The van der Waals surface area contributed by atoms with Crippen LogP contribution < -0.4 is 10.6 Å². The van der Waals surface area contributed by atoms with Gasteiger partial charge in [0.2, 0.25) is 5.91 Å².